The van der Waals surface area contributed by atoms with Gasteiger partial charge in [0.15, 0.2) is 0 Å². The lowest BCUT2D eigenvalue weighted by Crippen LogP contribution is -2.40. The Balaban J connectivity index is 2.63. The summed E-state index contributed by atoms with van der Waals surface area (Å²) < 4.78 is 12.9. The standard InChI is InChI=1S/C14H22FN3O/c1-4-5-8-18(3)10(2)14(19)17-13-7-6-11(15)9-12(13)16/h6-7,9-10H,4-5,8,16H2,1-3H3,(H,17,19). The highest BCUT2D eigenvalue weighted by Crippen LogP contribution is 2.19. The molecule has 1 unspecified atom stereocenters. The van der Waals surface area contributed by atoms with Crippen molar-refractivity contribution in [2.45, 2.75) is 32.7 Å². The van der Waals surface area contributed by atoms with Crippen molar-refractivity contribution in [3.8, 4) is 0 Å². The largest absolute Gasteiger partial charge is 0.397 e. The van der Waals surface area contributed by atoms with Gasteiger partial charge in [-0.3, -0.25) is 9.69 Å². The van der Waals surface area contributed by atoms with E-state index < -0.39 is 5.82 Å². The summed E-state index contributed by atoms with van der Waals surface area (Å²) in [6, 6.07) is 3.69. The molecular formula is C14H22FN3O. The molecule has 0 bridgehead atoms. The van der Waals surface area contributed by atoms with E-state index in [0.717, 1.165) is 19.4 Å². The number of amides is 1. The Labute approximate surface area is 113 Å². The van der Waals surface area contributed by atoms with Crippen molar-refractivity contribution < 1.29 is 9.18 Å². The van der Waals surface area contributed by atoms with Crippen LogP contribution in [-0.2, 0) is 4.79 Å². The molecule has 0 saturated heterocycles. The van der Waals surface area contributed by atoms with Gasteiger partial charge in [0.1, 0.15) is 5.82 Å². The second kappa shape index (κ2) is 7.09. The smallest absolute Gasteiger partial charge is 0.241 e. The molecule has 0 spiro atoms. The Hall–Kier alpha value is -1.62. The SMILES string of the molecule is CCCCN(C)C(C)C(=O)Nc1ccc(F)cc1N. The zero-order valence-corrected chi connectivity index (χ0v) is 11.7. The lowest BCUT2D eigenvalue weighted by Gasteiger charge is -2.23. The highest BCUT2D eigenvalue weighted by molar-refractivity contribution is 5.97. The first kappa shape index (κ1) is 15.4. The quantitative estimate of drug-likeness (QED) is 0.778. The Morgan fingerprint density at radius 3 is 2.79 bits per heavy atom. The van der Waals surface area contributed by atoms with Crippen molar-refractivity contribution in [2.75, 3.05) is 24.6 Å². The molecule has 4 nitrogen and oxygen atoms in total. The minimum Gasteiger partial charge on any atom is -0.397 e. The molecule has 1 atom stereocenters. The predicted octanol–water partition coefficient (Wildman–Crippen LogP) is 2.47. The van der Waals surface area contributed by atoms with E-state index in [9.17, 15) is 9.18 Å². The molecule has 3 N–H and O–H groups in total. The van der Waals surface area contributed by atoms with E-state index in [-0.39, 0.29) is 17.6 Å². The number of nitrogen functional groups attached to an aromatic ring is 1. The topological polar surface area (TPSA) is 58.4 Å². The molecule has 0 aromatic heterocycles. The Morgan fingerprint density at radius 2 is 2.21 bits per heavy atom. The van der Waals surface area contributed by atoms with Gasteiger partial charge in [-0.2, -0.15) is 0 Å². The lowest BCUT2D eigenvalue weighted by atomic mass is 10.2. The number of nitrogens with one attached hydrogen (secondary N) is 1. The number of halogens is 1. The van der Waals surface area contributed by atoms with E-state index in [1.165, 1.54) is 18.2 Å². The molecule has 0 aliphatic carbocycles. The first-order valence-corrected chi connectivity index (χ1v) is 6.51. The van der Waals surface area contributed by atoms with Crippen molar-refractivity contribution in [3.05, 3.63) is 24.0 Å². The number of nitrogens with zero attached hydrogens (tertiary/aromatic N) is 1. The van der Waals surface area contributed by atoms with E-state index in [0.29, 0.717) is 5.69 Å². The highest BCUT2D eigenvalue weighted by atomic mass is 19.1. The summed E-state index contributed by atoms with van der Waals surface area (Å²) in [5.41, 5.74) is 6.34. The van der Waals surface area contributed by atoms with Crippen LogP contribution in [0.5, 0.6) is 0 Å². The third kappa shape index (κ3) is 4.52. The van der Waals surface area contributed by atoms with Crippen molar-refractivity contribution in [1.29, 1.82) is 0 Å². The maximum absolute atomic E-state index is 12.9. The van der Waals surface area contributed by atoms with Crippen molar-refractivity contribution in [1.82, 2.24) is 4.90 Å². The lowest BCUT2D eigenvalue weighted by molar-refractivity contribution is -0.120. The molecule has 1 rings (SSSR count). The minimum absolute atomic E-state index is 0.142. The third-order valence-electron chi connectivity index (χ3n) is 3.18. The van der Waals surface area contributed by atoms with E-state index in [1.54, 1.807) is 0 Å². The minimum atomic E-state index is -0.413. The van der Waals surface area contributed by atoms with Crippen LogP contribution < -0.4 is 11.1 Å². The van der Waals surface area contributed by atoms with E-state index in [4.69, 9.17) is 5.73 Å². The molecule has 0 fully saturated rings. The molecule has 106 valence electrons. The molecule has 5 heteroatoms. The number of anilines is 2. The average molecular weight is 267 g/mol. The molecule has 0 aliphatic heterocycles. The first-order chi connectivity index (χ1) is 8.95. The molecule has 0 aliphatic rings. The normalized spacial score (nSPS) is 12.5. The van der Waals surface area contributed by atoms with Gasteiger partial charge in [0.2, 0.25) is 5.91 Å². The summed E-state index contributed by atoms with van der Waals surface area (Å²) in [6.45, 7) is 4.81. The summed E-state index contributed by atoms with van der Waals surface area (Å²) >= 11 is 0. The van der Waals surface area contributed by atoms with Crippen LogP contribution in [0.15, 0.2) is 18.2 Å². The van der Waals surface area contributed by atoms with Crippen LogP contribution >= 0.6 is 0 Å². The number of carbonyl (C=O) groups excluding carboxylic acids is 1. The number of unbranched alkanes of at least 4 members (excludes halogenated alkanes) is 1. The highest BCUT2D eigenvalue weighted by Gasteiger charge is 2.18. The summed E-state index contributed by atoms with van der Waals surface area (Å²) in [4.78, 5) is 14.0. The molecule has 0 saturated carbocycles. The number of hydrogen-bond donors (Lipinski definition) is 2. The first-order valence-electron chi connectivity index (χ1n) is 6.51. The molecule has 1 aromatic carbocycles. The van der Waals surface area contributed by atoms with Crippen LogP contribution in [-0.4, -0.2) is 30.4 Å². The molecule has 0 heterocycles. The van der Waals surface area contributed by atoms with Crippen LogP contribution in [0.2, 0.25) is 0 Å². The van der Waals surface area contributed by atoms with E-state index in [2.05, 4.69) is 12.2 Å². The Morgan fingerprint density at radius 1 is 1.53 bits per heavy atom. The van der Waals surface area contributed by atoms with Gasteiger partial charge in [0, 0.05) is 0 Å². The van der Waals surface area contributed by atoms with Crippen LogP contribution in [0.4, 0.5) is 15.8 Å². The molecular weight excluding hydrogens is 245 g/mol. The molecule has 0 radical (unpaired) electrons. The fraction of sp³-hybridized carbons (Fsp3) is 0.500. The van der Waals surface area contributed by atoms with Gasteiger partial charge in [-0.25, -0.2) is 4.39 Å². The third-order valence-corrected chi connectivity index (χ3v) is 3.18. The molecule has 19 heavy (non-hydrogen) atoms. The van der Waals surface area contributed by atoms with Gasteiger partial charge in [-0.15, -0.1) is 0 Å². The van der Waals surface area contributed by atoms with Gasteiger partial charge in [0.05, 0.1) is 17.4 Å². The number of benzene rings is 1. The second-order valence-electron chi connectivity index (χ2n) is 4.73. The summed E-state index contributed by atoms with van der Waals surface area (Å²) in [5.74, 6) is -0.555. The fourth-order valence-corrected chi connectivity index (χ4v) is 1.69. The van der Waals surface area contributed by atoms with Crippen LogP contribution in [0.25, 0.3) is 0 Å². The van der Waals surface area contributed by atoms with Crippen LogP contribution in [0.3, 0.4) is 0 Å². The molecule has 1 amide bonds. The van der Waals surface area contributed by atoms with Crippen LogP contribution in [0, 0.1) is 5.82 Å². The number of likely N-dealkylation sites (N-methyl/N-ethyl adjacent to an activating group) is 1. The van der Waals surface area contributed by atoms with E-state index in [1.807, 2.05) is 18.9 Å². The number of hydrogen-bond acceptors (Lipinski definition) is 3. The maximum atomic E-state index is 12.9. The summed E-state index contributed by atoms with van der Waals surface area (Å²) in [6.07, 6.45) is 2.14. The van der Waals surface area contributed by atoms with Gasteiger partial charge >= 0.3 is 0 Å². The number of rotatable bonds is 6. The summed E-state index contributed by atoms with van der Waals surface area (Å²) in [7, 11) is 1.91. The monoisotopic (exact) mass is 267 g/mol. The van der Waals surface area contributed by atoms with Crippen molar-refractivity contribution in [2.24, 2.45) is 0 Å². The average Bonchev–Trinajstić information content (AvgIpc) is 2.38. The predicted molar refractivity (Wildman–Crippen MR) is 76.4 cm³/mol. The maximum Gasteiger partial charge on any atom is 0.241 e. The Bertz CT molecular complexity index is 437. The van der Waals surface area contributed by atoms with Gasteiger partial charge in [-0.1, -0.05) is 13.3 Å². The van der Waals surface area contributed by atoms with Crippen molar-refractivity contribution >= 4 is 17.3 Å². The molecule has 1 aromatic rings. The van der Waals surface area contributed by atoms with Crippen molar-refractivity contribution in [3.63, 3.8) is 0 Å². The number of nitrogens with two attached hydrogens (primary N) is 1. The van der Waals surface area contributed by atoms with Gasteiger partial charge < -0.3 is 11.1 Å². The van der Waals surface area contributed by atoms with E-state index >= 15 is 0 Å². The fourth-order valence-electron chi connectivity index (χ4n) is 1.69. The second-order valence-corrected chi connectivity index (χ2v) is 4.73. The number of carbonyl (C=O) groups is 1. The van der Waals surface area contributed by atoms with Gasteiger partial charge in [-0.05, 0) is 45.1 Å². The zero-order valence-electron chi connectivity index (χ0n) is 11.7. The van der Waals surface area contributed by atoms with Gasteiger partial charge in [0.25, 0.3) is 0 Å². The summed E-state index contributed by atoms with van der Waals surface area (Å²) in [5, 5.41) is 2.72. The van der Waals surface area contributed by atoms with Crippen LogP contribution in [0.1, 0.15) is 26.7 Å². The Kier molecular flexibility index (Phi) is 5.76. The zero-order chi connectivity index (χ0) is 14.4.